The summed E-state index contributed by atoms with van der Waals surface area (Å²) >= 11 is 0. The number of aliphatic carboxylic acids is 1. The molecule has 1 rings (SSSR count). The highest BCUT2D eigenvalue weighted by Crippen LogP contribution is 2.11. The average molecular weight is 185 g/mol. The molecule has 0 aliphatic carbocycles. The molecule has 0 unspecified atom stereocenters. The zero-order valence-corrected chi connectivity index (χ0v) is 8.04. The summed E-state index contributed by atoms with van der Waals surface area (Å²) in [5.74, 6) is -0.844. The van der Waals surface area contributed by atoms with E-state index in [2.05, 4.69) is 0 Å². The van der Waals surface area contributed by atoms with Crippen LogP contribution in [0.25, 0.3) is 0 Å². The van der Waals surface area contributed by atoms with Crippen molar-refractivity contribution < 1.29 is 14.6 Å². The molecule has 1 N–H and O–H groups in total. The summed E-state index contributed by atoms with van der Waals surface area (Å²) < 4.78 is 5.18. The molecule has 4 heteroatoms. The van der Waals surface area contributed by atoms with Crippen LogP contribution < -0.4 is 0 Å². The van der Waals surface area contributed by atoms with Crippen molar-refractivity contribution in [1.82, 2.24) is 4.90 Å². The molecule has 1 heterocycles. The number of hydrogen-bond donors (Lipinski definition) is 1. The second-order valence-electron chi connectivity index (χ2n) is 3.11. The van der Waals surface area contributed by atoms with Crippen LogP contribution in [0, 0.1) is 0 Å². The third kappa shape index (κ3) is 2.45. The van der Waals surface area contributed by atoms with Gasteiger partial charge in [-0.15, -0.1) is 0 Å². The van der Waals surface area contributed by atoms with Crippen LogP contribution in [-0.2, 0) is 9.53 Å². The van der Waals surface area contributed by atoms with Gasteiger partial charge in [0.05, 0.1) is 18.8 Å². The Kier molecular flexibility index (Phi) is 3.31. The Morgan fingerprint density at radius 1 is 1.31 bits per heavy atom. The molecule has 0 saturated carbocycles. The monoisotopic (exact) mass is 185 g/mol. The maximum Gasteiger partial charge on any atom is 0.333 e. The molecule has 0 aromatic carbocycles. The normalized spacial score (nSPS) is 19.7. The molecule has 1 fully saturated rings. The lowest BCUT2D eigenvalue weighted by Crippen LogP contribution is -2.35. The molecule has 1 aliphatic rings. The summed E-state index contributed by atoms with van der Waals surface area (Å²) in [6.45, 7) is 6.42. The van der Waals surface area contributed by atoms with Crippen molar-refractivity contribution in [2.24, 2.45) is 0 Å². The van der Waals surface area contributed by atoms with Gasteiger partial charge in [-0.2, -0.15) is 0 Å². The van der Waals surface area contributed by atoms with E-state index >= 15 is 0 Å². The van der Waals surface area contributed by atoms with Crippen LogP contribution in [0.5, 0.6) is 0 Å². The van der Waals surface area contributed by atoms with Gasteiger partial charge in [-0.05, 0) is 13.8 Å². The minimum absolute atomic E-state index is 0.418. The number of ether oxygens (including phenoxy) is 1. The molecule has 0 spiro atoms. The van der Waals surface area contributed by atoms with Gasteiger partial charge >= 0.3 is 5.97 Å². The maximum absolute atomic E-state index is 10.7. The Labute approximate surface area is 77.8 Å². The predicted molar refractivity (Wildman–Crippen MR) is 48.4 cm³/mol. The van der Waals surface area contributed by atoms with E-state index in [4.69, 9.17) is 9.84 Å². The fourth-order valence-corrected chi connectivity index (χ4v) is 1.29. The number of hydrogen-bond acceptors (Lipinski definition) is 3. The van der Waals surface area contributed by atoms with Crippen molar-refractivity contribution in [1.29, 1.82) is 0 Å². The van der Waals surface area contributed by atoms with Crippen molar-refractivity contribution in [3.8, 4) is 0 Å². The highest BCUT2D eigenvalue weighted by Gasteiger charge is 2.14. The van der Waals surface area contributed by atoms with Crippen molar-refractivity contribution in [2.45, 2.75) is 13.8 Å². The predicted octanol–water partition coefficient (Wildman–Crippen LogP) is 0.697. The second kappa shape index (κ2) is 4.28. The molecule has 13 heavy (non-hydrogen) atoms. The number of nitrogens with zero attached hydrogens (tertiary/aromatic N) is 1. The zero-order chi connectivity index (χ0) is 9.84. The number of allylic oxidation sites excluding steroid dienone is 1. The van der Waals surface area contributed by atoms with Gasteiger partial charge in [0, 0.05) is 18.8 Å². The molecule has 0 atom stereocenters. The first-order valence-electron chi connectivity index (χ1n) is 4.36. The molecular formula is C9H15NO3. The van der Waals surface area contributed by atoms with Crippen LogP contribution in [0.1, 0.15) is 13.8 Å². The standard InChI is InChI=1S/C9H15NO3/c1-7(9(11)12)8(2)10-3-5-13-6-4-10/h3-6H2,1-2H3,(H,11,12)/b8-7+. The van der Waals surface area contributed by atoms with Gasteiger partial charge < -0.3 is 14.7 Å². The molecule has 1 aliphatic heterocycles. The van der Waals surface area contributed by atoms with Gasteiger partial charge in [0.15, 0.2) is 0 Å². The summed E-state index contributed by atoms with van der Waals surface area (Å²) in [7, 11) is 0. The Hall–Kier alpha value is -1.03. The molecular weight excluding hydrogens is 170 g/mol. The van der Waals surface area contributed by atoms with E-state index in [-0.39, 0.29) is 0 Å². The molecule has 1 saturated heterocycles. The summed E-state index contributed by atoms with van der Waals surface area (Å²) in [5, 5.41) is 8.77. The SMILES string of the molecule is C/C(C(=O)O)=C(/C)N1CCOCC1. The van der Waals surface area contributed by atoms with E-state index in [0.717, 1.165) is 18.8 Å². The third-order valence-corrected chi connectivity index (χ3v) is 2.35. The van der Waals surface area contributed by atoms with Gasteiger partial charge in [0.25, 0.3) is 0 Å². The minimum atomic E-state index is -0.844. The summed E-state index contributed by atoms with van der Waals surface area (Å²) in [5.41, 5.74) is 1.26. The summed E-state index contributed by atoms with van der Waals surface area (Å²) in [6, 6.07) is 0. The molecule has 0 aromatic heterocycles. The Morgan fingerprint density at radius 2 is 1.85 bits per heavy atom. The number of carbonyl (C=O) groups is 1. The molecule has 0 amide bonds. The van der Waals surface area contributed by atoms with Crippen molar-refractivity contribution in [3.63, 3.8) is 0 Å². The average Bonchev–Trinajstić information content (AvgIpc) is 2.17. The zero-order valence-electron chi connectivity index (χ0n) is 8.04. The van der Waals surface area contributed by atoms with Gasteiger partial charge in [-0.1, -0.05) is 0 Å². The fraction of sp³-hybridized carbons (Fsp3) is 0.667. The highest BCUT2D eigenvalue weighted by atomic mass is 16.5. The van der Waals surface area contributed by atoms with Crippen molar-refractivity contribution >= 4 is 5.97 Å². The van der Waals surface area contributed by atoms with E-state index in [0.29, 0.717) is 18.8 Å². The topological polar surface area (TPSA) is 49.8 Å². The molecule has 4 nitrogen and oxygen atoms in total. The van der Waals surface area contributed by atoms with Gasteiger partial charge in [-0.25, -0.2) is 4.79 Å². The third-order valence-electron chi connectivity index (χ3n) is 2.35. The van der Waals surface area contributed by atoms with Crippen LogP contribution in [0.15, 0.2) is 11.3 Å². The first kappa shape index (κ1) is 10.1. The highest BCUT2D eigenvalue weighted by molar-refractivity contribution is 5.86. The fourth-order valence-electron chi connectivity index (χ4n) is 1.29. The van der Waals surface area contributed by atoms with E-state index in [9.17, 15) is 4.79 Å². The molecule has 0 radical (unpaired) electrons. The van der Waals surface area contributed by atoms with Crippen LogP contribution in [0.2, 0.25) is 0 Å². The number of rotatable bonds is 2. The number of morpholine rings is 1. The van der Waals surface area contributed by atoms with Gasteiger partial charge in [-0.3, -0.25) is 0 Å². The number of carboxylic acid groups (broad SMARTS) is 1. The molecule has 74 valence electrons. The van der Waals surface area contributed by atoms with Crippen LogP contribution in [-0.4, -0.2) is 42.3 Å². The quantitative estimate of drug-likeness (QED) is 0.643. The summed E-state index contributed by atoms with van der Waals surface area (Å²) in [6.07, 6.45) is 0. The van der Waals surface area contributed by atoms with Crippen LogP contribution in [0.3, 0.4) is 0 Å². The molecule has 0 aromatic rings. The maximum atomic E-state index is 10.7. The van der Waals surface area contributed by atoms with Crippen molar-refractivity contribution in [2.75, 3.05) is 26.3 Å². The second-order valence-corrected chi connectivity index (χ2v) is 3.11. The van der Waals surface area contributed by atoms with Crippen LogP contribution >= 0.6 is 0 Å². The number of carboxylic acids is 1. The first-order chi connectivity index (χ1) is 6.13. The summed E-state index contributed by atoms with van der Waals surface area (Å²) in [4.78, 5) is 12.7. The molecule has 0 bridgehead atoms. The first-order valence-corrected chi connectivity index (χ1v) is 4.36. The lowest BCUT2D eigenvalue weighted by Gasteiger charge is -2.30. The van der Waals surface area contributed by atoms with E-state index in [1.807, 2.05) is 11.8 Å². The van der Waals surface area contributed by atoms with Gasteiger partial charge in [0.1, 0.15) is 0 Å². The smallest absolute Gasteiger partial charge is 0.333 e. The Balaban J connectivity index is 2.68. The Morgan fingerprint density at radius 3 is 2.31 bits per heavy atom. The lowest BCUT2D eigenvalue weighted by molar-refractivity contribution is -0.132. The minimum Gasteiger partial charge on any atom is -0.478 e. The lowest BCUT2D eigenvalue weighted by atomic mass is 10.2. The van der Waals surface area contributed by atoms with Gasteiger partial charge in [0.2, 0.25) is 0 Å². The van der Waals surface area contributed by atoms with E-state index in [1.54, 1.807) is 6.92 Å². The Bertz CT molecular complexity index is 229. The van der Waals surface area contributed by atoms with Crippen LogP contribution in [0.4, 0.5) is 0 Å². The van der Waals surface area contributed by atoms with E-state index < -0.39 is 5.97 Å². The largest absolute Gasteiger partial charge is 0.478 e. The van der Waals surface area contributed by atoms with Crippen molar-refractivity contribution in [3.05, 3.63) is 11.3 Å². The van der Waals surface area contributed by atoms with E-state index in [1.165, 1.54) is 0 Å².